The minimum absolute atomic E-state index is 0. The number of rotatable bonds is 2. The molecule has 0 aliphatic carbocycles. The van der Waals surface area contributed by atoms with Crippen molar-refractivity contribution in [2.24, 2.45) is 0 Å². The van der Waals surface area contributed by atoms with E-state index in [0.29, 0.717) is 5.22 Å². The second-order valence-corrected chi connectivity index (χ2v) is 5.33. The van der Waals surface area contributed by atoms with Crippen LogP contribution in [0, 0.1) is 0 Å². The Hall–Kier alpha value is 0.865. The smallest absolute Gasteiger partial charge is 0.0485 e. The van der Waals surface area contributed by atoms with Crippen LogP contribution in [0.3, 0.4) is 0 Å². The second-order valence-electron chi connectivity index (χ2n) is 3.51. The molecule has 0 aromatic rings. The maximum atomic E-state index is 5.77. The van der Waals surface area contributed by atoms with Crippen LogP contribution >= 0.6 is 0 Å². The van der Waals surface area contributed by atoms with Crippen molar-refractivity contribution < 1.29 is 25.8 Å². The first kappa shape index (κ1) is 11.9. The van der Waals surface area contributed by atoms with Gasteiger partial charge >= 0.3 is 0 Å². The minimum atomic E-state index is 0. The third-order valence-electron chi connectivity index (χ3n) is 2.33. The predicted molar refractivity (Wildman–Crippen MR) is 47.4 cm³/mol. The van der Waals surface area contributed by atoms with Gasteiger partial charge in [0.1, 0.15) is 0 Å². The van der Waals surface area contributed by atoms with Gasteiger partial charge in [-0.15, -0.1) is 0 Å². The van der Waals surface area contributed by atoms with Crippen molar-refractivity contribution >= 4 is 10.2 Å². The fourth-order valence-electron chi connectivity index (χ4n) is 1.72. The zero-order chi connectivity index (χ0) is 7.45. The van der Waals surface area contributed by atoms with Gasteiger partial charge in [0.15, 0.2) is 0 Å². The summed E-state index contributed by atoms with van der Waals surface area (Å²) in [4.78, 5) is 0. The SMILES string of the molecule is CCCC1([SiH3])CCCCO1.[Pt]. The summed E-state index contributed by atoms with van der Waals surface area (Å²) in [6, 6.07) is 0. The van der Waals surface area contributed by atoms with Gasteiger partial charge in [-0.2, -0.15) is 0 Å². The molecular weight excluding hydrogens is 335 g/mol. The Morgan fingerprint density at radius 1 is 1.45 bits per heavy atom. The Balaban J connectivity index is 0.000001000. The number of ether oxygens (including phenoxy) is 1. The summed E-state index contributed by atoms with van der Waals surface area (Å²) >= 11 is 0. The third-order valence-corrected chi connectivity index (χ3v) is 3.62. The Morgan fingerprint density at radius 3 is 2.64 bits per heavy atom. The Labute approximate surface area is 87.0 Å². The standard InChI is InChI=1S/C8H18OSi.Pt/c1-2-5-8(10)6-3-4-7-9-8;/h2-7H2,1,10H3;. The average molecular weight is 353 g/mol. The molecule has 1 unspecified atom stereocenters. The molecule has 0 amide bonds. The molecule has 0 radical (unpaired) electrons. The molecular formula is C8H18OPtSi. The third kappa shape index (κ3) is 3.86. The fraction of sp³-hybridized carbons (Fsp3) is 1.00. The molecule has 0 spiro atoms. The molecule has 1 saturated heterocycles. The molecule has 3 heteroatoms. The first-order chi connectivity index (χ1) is 4.77. The molecule has 1 aliphatic rings. The first-order valence-corrected chi connectivity index (χ1v) is 5.41. The zero-order valence-corrected chi connectivity index (χ0v) is 11.7. The Kier molecular flexibility index (Phi) is 5.93. The summed E-state index contributed by atoms with van der Waals surface area (Å²) in [6.45, 7) is 3.26. The largest absolute Gasteiger partial charge is 0.380 e. The van der Waals surface area contributed by atoms with E-state index in [0.717, 1.165) is 6.61 Å². The van der Waals surface area contributed by atoms with Crippen LogP contribution in [-0.4, -0.2) is 22.1 Å². The normalized spacial score (nSPS) is 31.4. The quantitative estimate of drug-likeness (QED) is 0.675. The van der Waals surface area contributed by atoms with Crippen molar-refractivity contribution in [3.63, 3.8) is 0 Å². The van der Waals surface area contributed by atoms with Crippen LogP contribution in [-0.2, 0) is 25.8 Å². The fourth-order valence-corrected chi connectivity index (χ4v) is 2.78. The van der Waals surface area contributed by atoms with E-state index in [-0.39, 0.29) is 21.1 Å². The van der Waals surface area contributed by atoms with E-state index in [1.807, 2.05) is 0 Å². The van der Waals surface area contributed by atoms with E-state index in [1.165, 1.54) is 42.3 Å². The molecule has 70 valence electrons. The van der Waals surface area contributed by atoms with Gasteiger partial charge in [-0.25, -0.2) is 0 Å². The van der Waals surface area contributed by atoms with Crippen molar-refractivity contribution in [1.82, 2.24) is 0 Å². The monoisotopic (exact) mass is 353 g/mol. The van der Waals surface area contributed by atoms with Gasteiger partial charge in [0.25, 0.3) is 0 Å². The summed E-state index contributed by atoms with van der Waals surface area (Å²) in [7, 11) is 1.22. The van der Waals surface area contributed by atoms with Crippen LogP contribution in [0.5, 0.6) is 0 Å². The maximum absolute atomic E-state index is 5.77. The van der Waals surface area contributed by atoms with Crippen LogP contribution in [0.2, 0.25) is 0 Å². The first-order valence-electron chi connectivity index (χ1n) is 4.41. The van der Waals surface area contributed by atoms with E-state index >= 15 is 0 Å². The minimum Gasteiger partial charge on any atom is -0.380 e. The second kappa shape index (κ2) is 5.50. The van der Waals surface area contributed by atoms with Crippen LogP contribution in [0.25, 0.3) is 0 Å². The molecule has 0 saturated carbocycles. The molecule has 1 rings (SSSR count). The van der Waals surface area contributed by atoms with Crippen molar-refractivity contribution in [2.75, 3.05) is 6.61 Å². The van der Waals surface area contributed by atoms with Crippen LogP contribution in [0.1, 0.15) is 39.0 Å². The molecule has 1 aliphatic heterocycles. The van der Waals surface area contributed by atoms with Crippen molar-refractivity contribution in [3.8, 4) is 0 Å². The zero-order valence-electron chi connectivity index (χ0n) is 7.47. The van der Waals surface area contributed by atoms with Gasteiger partial charge in [-0.1, -0.05) is 13.3 Å². The average Bonchev–Trinajstić information content (AvgIpc) is 1.89. The maximum Gasteiger partial charge on any atom is 0.0485 e. The Bertz CT molecular complexity index is 96.8. The summed E-state index contributed by atoms with van der Waals surface area (Å²) in [5, 5.41) is 0.368. The van der Waals surface area contributed by atoms with Gasteiger partial charge in [-0.05, 0) is 25.7 Å². The summed E-state index contributed by atoms with van der Waals surface area (Å²) in [5.41, 5.74) is 0. The molecule has 1 atom stereocenters. The molecule has 11 heavy (non-hydrogen) atoms. The van der Waals surface area contributed by atoms with Crippen molar-refractivity contribution in [3.05, 3.63) is 0 Å². The van der Waals surface area contributed by atoms with E-state index in [2.05, 4.69) is 6.92 Å². The van der Waals surface area contributed by atoms with E-state index in [9.17, 15) is 0 Å². The molecule has 0 bridgehead atoms. The summed E-state index contributed by atoms with van der Waals surface area (Å²) in [5.74, 6) is 0. The van der Waals surface area contributed by atoms with Gasteiger partial charge in [0, 0.05) is 43.1 Å². The molecule has 1 fully saturated rings. The van der Waals surface area contributed by atoms with Gasteiger partial charge in [0.05, 0.1) is 0 Å². The summed E-state index contributed by atoms with van der Waals surface area (Å²) in [6.07, 6.45) is 6.58. The van der Waals surface area contributed by atoms with Gasteiger partial charge < -0.3 is 4.74 Å². The van der Waals surface area contributed by atoms with Crippen LogP contribution < -0.4 is 0 Å². The topological polar surface area (TPSA) is 9.23 Å². The van der Waals surface area contributed by atoms with E-state index in [1.54, 1.807) is 0 Å². The molecule has 0 N–H and O–H groups in total. The summed E-state index contributed by atoms with van der Waals surface area (Å²) < 4.78 is 5.77. The van der Waals surface area contributed by atoms with Gasteiger partial charge in [0.2, 0.25) is 0 Å². The Morgan fingerprint density at radius 2 is 2.18 bits per heavy atom. The number of hydrogen-bond donors (Lipinski definition) is 0. The molecule has 1 heterocycles. The van der Waals surface area contributed by atoms with Crippen molar-refractivity contribution in [1.29, 1.82) is 0 Å². The van der Waals surface area contributed by atoms with Crippen molar-refractivity contribution in [2.45, 2.75) is 44.3 Å². The van der Waals surface area contributed by atoms with Gasteiger partial charge in [-0.3, -0.25) is 0 Å². The van der Waals surface area contributed by atoms with Crippen LogP contribution in [0.4, 0.5) is 0 Å². The number of hydrogen-bond acceptors (Lipinski definition) is 1. The van der Waals surface area contributed by atoms with E-state index in [4.69, 9.17) is 4.74 Å². The van der Waals surface area contributed by atoms with Crippen LogP contribution in [0.15, 0.2) is 0 Å². The molecule has 1 nitrogen and oxygen atoms in total. The van der Waals surface area contributed by atoms with E-state index < -0.39 is 0 Å². The predicted octanol–water partition coefficient (Wildman–Crippen LogP) is 1.05. The molecule has 0 aromatic heterocycles. The molecule has 0 aromatic carbocycles.